The minimum atomic E-state index is -4.36. The molecular formula is C5H5F3O3. The number of halogens is 3. The normalized spacial score (nSPS) is 30.1. The van der Waals surface area contributed by atoms with Crippen LogP contribution < -0.4 is 0 Å². The third kappa shape index (κ3) is 2.85. The van der Waals surface area contributed by atoms with Crippen LogP contribution in [-0.2, 0) is 14.3 Å². The van der Waals surface area contributed by atoms with Crippen molar-refractivity contribution in [3.8, 4) is 0 Å². The standard InChI is InChI=1S/C5H5F3O3/c6-5(7,8)2-10-4-3(1-9)11-4/h1,3-4H,2H2. The average Bonchev–Trinajstić information content (AvgIpc) is 2.60. The van der Waals surface area contributed by atoms with Crippen LogP contribution >= 0.6 is 0 Å². The van der Waals surface area contributed by atoms with Gasteiger partial charge in [0.1, 0.15) is 6.61 Å². The van der Waals surface area contributed by atoms with Crippen LogP contribution in [0.2, 0.25) is 0 Å². The van der Waals surface area contributed by atoms with E-state index in [0.29, 0.717) is 6.29 Å². The summed E-state index contributed by atoms with van der Waals surface area (Å²) in [5, 5.41) is 0. The van der Waals surface area contributed by atoms with E-state index >= 15 is 0 Å². The fraction of sp³-hybridized carbons (Fsp3) is 0.800. The lowest BCUT2D eigenvalue weighted by molar-refractivity contribution is -0.184. The Morgan fingerprint density at radius 1 is 1.55 bits per heavy atom. The molecule has 6 heteroatoms. The van der Waals surface area contributed by atoms with Crippen LogP contribution in [0.25, 0.3) is 0 Å². The molecule has 0 aromatic carbocycles. The first-order valence-electron chi connectivity index (χ1n) is 2.82. The molecule has 1 fully saturated rings. The number of carbonyl (C=O) groups is 1. The van der Waals surface area contributed by atoms with Crippen LogP contribution in [0.15, 0.2) is 0 Å². The smallest absolute Gasteiger partial charge is 0.340 e. The van der Waals surface area contributed by atoms with E-state index in [0.717, 1.165) is 0 Å². The van der Waals surface area contributed by atoms with E-state index in [1.54, 1.807) is 0 Å². The summed E-state index contributed by atoms with van der Waals surface area (Å²) in [6.45, 7) is -1.37. The molecule has 1 saturated heterocycles. The number of ether oxygens (including phenoxy) is 2. The Bertz CT molecular complexity index is 156. The molecule has 2 atom stereocenters. The SMILES string of the molecule is O=CC1OC1OCC(F)(F)F. The lowest BCUT2D eigenvalue weighted by Gasteiger charge is -2.03. The Hall–Kier alpha value is -0.620. The molecule has 2 unspecified atom stereocenters. The number of hydrogen-bond donors (Lipinski definition) is 0. The molecule has 1 rings (SSSR count). The van der Waals surface area contributed by atoms with Crippen molar-refractivity contribution in [2.24, 2.45) is 0 Å². The fourth-order valence-corrected chi connectivity index (χ4v) is 0.516. The Labute approximate surface area is 60.1 Å². The second kappa shape index (κ2) is 2.78. The first-order valence-corrected chi connectivity index (χ1v) is 2.82. The fourth-order valence-electron chi connectivity index (χ4n) is 0.516. The molecule has 0 N–H and O–H groups in total. The van der Waals surface area contributed by atoms with Gasteiger partial charge in [0.15, 0.2) is 18.7 Å². The molecule has 0 aliphatic carbocycles. The molecule has 0 aromatic heterocycles. The molecule has 0 amide bonds. The maximum atomic E-state index is 11.4. The third-order valence-corrected chi connectivity index (χ3v) is 1.03. The maximum Gasteiger partial charge on any atom is 0.411 e. The molecule has 0 aromatic rings. The van der Waals surface area contributed by atoms with Crippen LogP contribution in [0.5, 0.6) is 0 Å². The van der Waals surface area contributed by atoms with Crippen molar-refractivity contribution >= 4 is 6.29 Å². The molecular weight excluding hydrogens is 165 g/mol. The number of epoxide rings is 1. The van der Waals surface area contributed by atoms with Crippen molar-refractivity contribution in [1.82, 2.24) is 0 Å². The van der Waals surface area contributed by atoms with E-state index in [1.807, 2.05) is 0 Å². The first kappa shape index (κ1) is 8.48. The molecule has 11 heavy (non-hydrogen) atoms. The van der Waals surface area contributed by atoms with Crippen molar-refractivity contribution in [3.05, 3.63) is 0 Å². The zero-order valence-corrected chi connectivity index (χ0v) is 5.30. The van der Waals surface area contributed by atoms with E-state index in [9.17, 15) is 18.0 Å². The van der Waals surface area contributed by atoms with Crippen molar-refractivity contribution in [2.75, 3.05) is 6.61 Å². The minimum absolute atomic E-state index is 0.404. The van der Waals surface area contributed by atoms with Gasteiger partial charge in [-0.2, -0.15) is 13.2 Å². The molecule has 1 aliphatic heterocycles. The number of alkyl halides is 3. The first-order chi connectivity index (χ1) is 5.03. The Balaban J connectivity index is 2.11. The van der Waals surface area contributed by atoms with E-state index in [2.05, 4.69) is 9.47 Å². The Kier molecular flexibility index (Phi) is 2.15. The van der Waals surface area contributed by atoms with Gasteiger partial charge >= 0.3 is 6.18 Å². The van der Waals surface area contributed by atoms with Gasteiger partial charge in [0.05, 0.1) is 0 Å². The van der Waals surface area contributed by atoms with Gasteiger partial charge in [-0.25, -0.2) is 0 Å². The van der Waals surface area contributed by atoms with E-state index in [1.165, 1.54) is 0 Å². The van der Waals surface area contributed by atoms with Crippen LogP contribution in [0.3, 0.4) is 0 Å². The summed E-state index contributed by atoms with van der Waals surface area (Å²) >= 11 is 0. The molecule has 0 radical (unpaired) electrons. The molecule has 0 saturated carbocycles. The monoisotopic (exact) mass is 170 g/mol. The third-order valence-electron chi connectivity index (χ3n) is 1.03. The highest BCUT2D eigenvalue weighted by molar-refractivity contribution is 5.59. The van der Waals surface area contributed by atoms with Crippen LogP contribution in [0.1, 0.15) is 0 Å². The predicted molar refractivity (Wildman–Crippen MR) is 26.7 cm³/mol. The molecule has 3 nitrogen and oxygen atoms in total. The lowest BCUT2D eigenvalue weighted by Crippen LogP contribution is -2.18. The number of aldehydes is 1. The van der Waals surface area contributed by atoms with Gasteiger partial charge in [0.25, 0.3) is 0 Å². The number of hydrogen-bond acceptors (Lipinski definition) is 3. The van der Waals surface area contributed by atoms with E-state index in [-0.39, 0.29) is 0 Å². The van der Waals surface area contributed by atoms with Gasteiger partial charge in [0, 0.05) is 0 Å². The van der Waals surface area contributed by atoms with Crippen LogP contribution in [-0.4, -0.2) is 31.5 Å². The molecule has 0 bridgehead atoms. The van der Waals surface area contributed by atoms with Crippen LogP contribution in [0, 0.1) is 0 Å². The Morgan fingerprint density at radius 3 is 2.55 bits per heavy atom. The van der Waals surface area contributed by atoms with Gasteiger partial charge in [-0.15, -0.1) is 0 Å². The summed E-state index contributed by atoms with van der Waals surface area (Å²) in [4.78, 5) is 9.82. The van der Waals surface area contributed by atoms with Gasteiger partial charge in [-0.1, -0.05) is 0 Å². The topological polar surface area (TPSA) is 38.8 Å². The van der Waals surface area contributed by atoms with Crippen molar-refractivity contribution in [3.63, 3.8) is 0 Å². The van der Waals surface area contributed by atoms with Gasteiger partial charge in [0.2, 0.25) is 0 Å². The summed E-state index contributed by atoms with van der Waals surface area (Å²) < 4.78 is 42.7. The Morgan fingerprint density at radius 2 is 2.18 bits per heavy atom. The zero-order chi connectivity index (χ0) is 8.48. The lowest BCUT2D eigenvalue weighted by atomic mass is 10.5. The van der Waals surface area contributed by atoms with Crippen molar-refractivity contribution < 1.29 is 27.4 Å². The van der Waals surface area contributed by atoms with Crippen molar-refractivity contribution in [2.45, 2.75) is 18.6 Å². The highest BCUT2D eigenvalue weighted by atomic mass is 19.4. The predicted octanol–water partition coefficient (Wildman–Crippen LogP) is 0.489. The highest BCUT2D eigenvalue weighted by Gasteiger charge is 2.42. The molecule has 64 valence electrons. The molecule has 1 aliphatic rings. The highest BCUT2D eigenvalue weighted by Crippen LogP contribution is 2.24. The zero-order valence-electron chi connectivity index (χ0n) is 5.30. The van der Waals surface area contributed by atoms with Crippen LogP contribution in [0.4, 0.5) is 13.2 Å². The number of rotatable bonds is 3. The van der Waals surface area contributed by atoms with E-state index in [4.69, 9.17) is 0 Å². The summed E-state index contributed by atoms with van der Waals surface area (Å²) in [6, 6.07) is 0. The quantitative estimate of drug-likeness (QED) is 0.457. The molecule has 1 heterocycles. The maximum absolute atomic E-state index is 11.4. The largest absolute Gasteiger partial charge is 0.411 e. The van der Waals surface area contributed by atoms with Gasteiger partial charge < -0.3 is 14.3 Å². The summed E-state index contributed by atoms with van der Waals surface area (Å²) in [5.41, 5.74) is 0. The van der Waals surface area contributed by atoms with Gasteiger partial charge in [-0.3, -0.25) is 0 Å². The summed E-state index contributed by atoms with van der Waals surface area (Å²) in [5.74, 6) is 0. The summed E-state index contributed by atoms with van der Waals surface area (Å²) in [6.07, 6.45) is -5.76. The average molecular weight is 170 g/mol. The second-order valence-electron chi connectivity index (χ2n) is 2.03. The molecule has 0 spiro atoms. The van der Waals surface area contributed by atoms with Crippen molar-refractivity contribution in [1.29, 1.82) is 0 Å². The van der Waals surface area contributed by atoms with E-state index < -0.39 is 25.2 Å². The number of carbonyl (C=O) groups excluding carboxylic acids is 1. The second-order valence-corrected chi connectivity index (χ2v) is 2.03. The van der Waals surface area contributed by atoms with Gasteiger partial charge in [-0.05, 0) is 0 Å². The summed E-state index contributed by atoms with van der Waals surface area (Å²) in [7, 11) is 0. The minimum Gasteiger partial charge on any atom is -0.340 e.